The first-order chi connectivity index (χ1) is 9.75. The Hall–Kier alpha value is -2.34. The number of hydrogen-bond donors (Lipinski definition) is 1. The molecular weight excluding hydrogens is 270 g/mol. The van der Waals surface area contributed by atoms with Gasteiger partial charge in [0.25, 0.3) is 0 Å². The maximum absolute atomic E-state index is 5.32. The normalized spacial score (nSPS) is 10.7. The maximum Gasteiger partial charge on any atom is 0.195 e. The van der Waals surface area contributed by atoms with Crippen LogP contribution in [0.5, 0.6) is 0 Å². The second-order valence-corrected chi connectivity index (χ2v) is 4.83. The third-order valence-electron chi connectivity index (χ3n) is 3.12. The van der Waals surface area contributed by atoms with Crippen LogP contribution in [0.15, 0.2) is 42.9 Å². The fourth-order valence-electron chi connectivity index (χ4n) is 2.02. The van der Waals surface area contributed by atoms with E-state index >= 15 is 0 Å². The van der Waals surface area contributed by atoms with Gasteiger partial charge in [0.15, 0.2) is 10.6 Å². The molecule has 0 radical (unpaired) electrons. The molecule has 0 unspecified atom stereocenters. The highest BCUT2D eigenvalue weighted by Crippen LogP contribution is 2.17. The summed E-state index contributed by atoms with van der Waals surface area (Å²) in [5.41, 5.74) is 3.09. The standard InChI is InChI=1S/C14H13N5S/c1-10-3-2-6-16-12(10)9-19-13(17-18-14(19)20)11-4-7-15-8-5-11/h2-8H,9H2,1H3,(H,18,20). The minimum Gasteiger partial charge on any atom is -0.294 e. The molecule has 6 heteroatoms. The van der Waals surface area contributed by atoms with E-state index in [2.05, 4.69) is 20.2 Å². The number of pyridine rings is 2. The van der Waals surface area contributed by atoms with Crippen LogP contribution in [-0.2, 0) is 6.54 Å². The van der Waals surface area contributed by atoms with Crippen molar-refractivity contribution in [3.63, 3.8) is 0 Å². The zero-order chi connectivity index (χ0) is 13.9. The molecule has 0 spiro atoms. The lowest BCUT2D eigenvalue weighted by Gasteiger charge is -2.08. The second-order valence-electron chi connectivity index (χ2n) is 4.44. The van der Waals surface area contributed by atoms with Crippen molar-refractivity contribution in [2.75, 3.05) is 0 Å². The molecule has 20 heavy (non-hydrogen) atoms. The predicted molar refractivity (Wildman–Crippen MR) is 78.7 cm³/mol. The Morgan fingerprint density at radius 1 is 1.20 bits per heavy atom. The van der Waals surface area contributed by atoms with Gasteiger partial charge in [-0.15, -0.1) is 0 Å². The average Bonchev–Trinajstić information content (AvgIpc) is 2.84. The van der Waals surface area contributed by atoms with Crippen molar-refractivity contribution in [1.82, 2.24) is 24.7 Å². The van der Waals surface area contributed by atoms with Gasteiger partial charge in [-0.2, -0.15) is 5.10 Å². The molecule has 0 aromatic carbocycles. The molecular formula is C14H13N5S. The van der Waals surface area contributed by atoms with Crippen molar-refractivity contribution in [3.05, 3.63) is 58.9 Å². The zero-order valence-electron chi connectivity index (χ0n) is 10.9. The minimum atomic E-state index is 0.585. The lowest BCUT2D eigenvalue weighted by molar-refractivity contribution is 0.761. The van der Waals surface area contributed by atoms with E-state index in [9.17, 15) is 0 Å². The molecule has 3 aromatic rings. The quantitative estimate of drug-likeness (QED) is 0.751. The van der Waals surface area contributed by atoms with Gasteiger partial charge in [0.1, 0.15) is 0 Å². The summed E-state index contributed by atoms with van der Waals surface area (Å²) in [7, 11) is 0. The van der Waals surface area contributed by atoms with E-state index < -0.39 is 0 Å². The molecule has 0 saturated carbocycles. The number of aromatic nitrogens is 5. The Morgan fingerprint density at radius 3 is 2.75 bits per heavy atom. The second kappa shape index (κ2) is 5.34. The van der Waals surface area contributed by atoms with E-state index in [4.69, 9.17) is 12.2 Å². The molecule has 0 saturated heterocycles. The lowest BCUT2D eigenvalue weighted by Crippen LogP contribution is -2.05. The molecule has 1 N–H and O–H groups in total. The molecule has 0 bridgehead atoms. The van der Waals surface area contributed by atoms with Gasteiger partial charge < -0.3 is 0 Å². The highest BCUT2D eigenvalue weighted by Gasteiger charge is 2.10. The molecule has 0 atom stereocenters. The van der Waals surface area contributed by atoms with Crippen LogP contribution in [-0.4, -0.2) is 24.7 Å². The van der Waals surface area contributed by atoms with Crippen molar-refractivity contribution >= 4 is 12.2 Å². The number of rotatable bonds is 3. The summed E-state index contributed by atoms with van der Waals surface area (Å²) in [4.78, 5) is 8.43. The summed E-state index contributed by atoms with van der Waals surface area (Å²) >= 11 is 5.32. The Kier molecular flexibility index (Phi) is 3.39. The molecule has 100 valence electrons. The van der Waals surface area contributed by atoms with E-state index in [1.165, 1.54) is 0 Å². The van der Waals surface area contributed by atoms with Gasteiger partial charge in [0, 0.05) is 24.2 Å². The van der Waals surface area contributed by atoms with Crippen molar-refractivity contribution in [2.24, 2.45) is 0 Å². The molecule has 0 aliphatic carbocycles. The SMILES string of the molecule is Cc1cccnc1Cn1c(-c2ccncc2)n[nH]c1=S. The summed E-state index contributed by atoms with van der Waals surface area (Å²) in [6.07, 6.45) is 5.27. The largest absolute Gasteiger partial charge is 0.294 e. The number of aryl methyl sites for hydroxylation is 1. The van der Waals surface area contributed by atoms with Crippen molar-refractivity contribution < 1.29 is 0 Å². The van der Waals surface area contributed by atoms with Crippen LogP contribution in [0.2, 0.25) is 0 Å². The van der Waals surface area contributed by atoms with E-state index in [1.807, 2.05) is 35.8 Å². The third-order valence-corrected chi connectivity index (χ3v) is 3.43. The number of aromatic amines is 1. The Labute approximate surface area is 121 Å². The summed E-state index contributed by atoms with van der Waals surface area (Å²) in [5.74, 6) is 0.794. The number of hydrogen-bond acceptors (Lipinski definition) is 4. The van der Waals surface area contributed by atoms with Gasteiger partial charge in [-0.1, -0.05) is 6.07 Å². The van der Waals surface area contributed by atoms with Crippen LogP contribution in [0.4, 0.5) is 0 Å². The summed E-state index contributed by atoms with van der Waals surface area (Å²) in [5, 5.41) is 7.15. The molecule has 0 amide bonds. The van der Waals surface area contributed by atoms with Gasteiger partial charge in [0.05, 0.1) is 12.2 Å². The highest BCUT2D eigenvalue weighted by atomic mass is 32.1. The fraction of sp³-hybridized carbons (Fsp3) is 0.143. The molecule has 0 aliphatic rings. The summed E-state index contributed by atoms with van der Waals surface area (Å²) in [6, 6.07) is 7.79. The molecule has 0 fully saturated rings. The fourth-order valence-corrected chi connectivity index (χ4v) is 2.22. The van der Waals surface area contributed by atoms with Crippen LogP contribution < -0.4 is 0 Å². The Bertz CT molecular complexity index is 776. The molecule has 3 aromatic heterocycles. The van der Waals surface area contributed by atoms with Crippen molar-refractivity contribution in [2.45, 2.75) is 13.5 Å². The third kappa shape index (κ3) is 2.37. The van der Waals surface area contributed by atoms with Crippen LogP contribution in [0.1, 0.15) is 11.3 Å². The number of nitrogens with one attached hydrogen (secondary N) is 1. The molecule has 5 nitrogen and oxygen atoms in total. The van der Waals surface area contributed by atoms with E-state index in [-0.39, 0.29) is 0 Å². The molecule has 0 aliphatic heterocycles. The minimum absolute atomic E-state index is 0.585. The zero-order valence-corrected chi connectivity index (χ0v) is 11.8. The first kappa shape index (κ1) is 12.7. The summed E-state index contributed by atoms with van der Waals surface area (Å²) < 4.78 is 2.53. The van der Waals surface area contributed by atoms with E-state index in [1.54, 1.807) is 18.6 Å². The Morgan fingerprint density at radius 2 is 2.00 bits per heavy atom. The average molecular weight is 283 g/mol. The van der Waals surface area contributed by atoms with Crippen LogP contribution >= 0.6 is 12.2 Å². The van der Waals surface area contributed by atoms with E-state index in [0.29, 0.717) is 11.3 Å². The highest BCUT2D eigenvalue weighted by molar-refractivity contribution is 7.71. The predicted octanol–water partition coefficient (Wildman–Crippen LogP) is 2.75. The van der Waals surface area contributed by atoms with Crippen LogP contribution in [0, 0.1) is 11.7 Å². The first-order valence-corrected chi connectivity index (χ1v) is 6.62. The first-order valence-electron chi connectivity index (χ1n) is 6.22. The Balaban J connectivity index is 2.05. The number of H-pyrrole nitrogens is 1. The van der Waals surface area contributed by atoms with Gasteiger partial charge in [-0.25, -0.2) is 0 Å². The lowest BCUT2D eigenvalue weighted by atomic mass is 10.2. The van der Waals surface area contributed by atoms with Crippen molar-refractivity contribution in [3.8, 4) is 11.4 Å². The monoisotopic (exact) mass is 283 g/mol. The number of nitrogens with zero attached hydrogens (tertiary/aromatic N) is 4. The maximum atomic E-state index is 5.32. The van der Waals surface area contributed by atoms with Crippen LogP contribution in [0.3, 0.4) is 0 Å². The van der Waals surface area contributed by atoms with Gasteiger partial charge >= 0.3 is 0 Å². The smallest absolute Gasteiger partial charge is 0.195 e. The van der Waals surface area contributed by atoms with Crippen LogP contribution in [0.25, 0.3) is 11.4 Å². The molecule has 3 rings (SSSR count). The van der Waals surface area contributed by atoms with Gasteiger partial charge in [-0.05, 0) is 42.9 Å². The topological polar surface area (TPSA) is 59.4 Å². The summed E-state index contributed by atoms with van der Waals surface area (Å²) in [6.45, 7) is 2.64. The van der Waals surface area contributed by atoms with Gasteiger partial charge in [0.2, 0.25) is 0 Å². The van der Waals surface area contributed by atoms with Gasteiger partial charge in [-0.3, -0.25) is 19.6 Å². The van der Waals surface area contributed by atoms with E-state index in [0.717, 1.165) is 22.6 Å². The van der Waals surface area contributed by atoms with Crippen molar-refractivity contribution in [1.29, 1.82) is 0 Å². The molecule has 3 heterocycles.